The van der Waals surface area contributed by atoms with Gasteiger partial charge in [-0.15, -0.1) is 0 Å². The SMILES string of the molecule is CC(=O)OC(C)[C@H]1O[C@@H](n2ccc(N)nc2=O)C(F)(F)[C@@H]1OC(C)=O. The molecule has 2 heterocycles. The Bertz CT molecular complexity index is 738. The zero-order valence-corrected chi connectivity index (χ0v) is 13.6. The van der Waals surface area contributed by atoms with Crippen molar-refractivity contribution in [2.24, 2.45) is 0 Å². The molecule has 1 aromatic rings. The van der Waals surface area contributed by atoms with Gasteiger partial charge >= 0.3 is 23.6 Å². The molecule has 0 aliphatic carbocycles. The number of aromatic nitrogens is 2. The van der Waals surface area contributed by atoms with Crippen molar-refractivity contribution in [1.29, 1.82) is 0 Å². The van der Waals surface area contributed by atoms with E-state index in [4.69, 9.17) is 19.9 Å². The normalized spacial score (nSPS) is 26.0. The molecule has 25 heavy (non-hydrogen) atoms. The predicted molar refractivity (Wildman–Crippen MR) is 78.5 cm³/mol. The second-order valence-corrected chi connectivity index (χ2v) is 5.51. The van der Waals surface area contributed by atoms with Crippen LogP contribution in [0.2, 0.25) is 0 Å². The van der Waals surface area contributed by atoms with Crippen LogP contribution in [0.25, 0.3) is 0 Å². The van der Waals surface area contributed by atoms with E-state index in [0.717, 1.165) is 26.1 Å². The van der Waals surface area contributed by atoms with Crippen molar-refractivity contribution < 1.29 is 32.6 Å². The van der Waals surface area contributed by atoms with Gasteiger partial charge in [0, 0.05) is 20.0 Å². The summed E-state index contributed by atoms with van der Waals surface area (Å²) in [7, 11) is 0. The number of carbonyl (C=O) groups is 2. The number of carbonyl (C=O) groups excluding carboxylic acids is 2. The number of nitrogens with two attached hydrogens (primary N) is 1. The van der Waals surface area contributed by atoms with E-state index in [1.807, 2.05) is 0 Å². The van der Waals surface area contributed by atoms with Crippen LogP contribution in [0, 0.1) is 0 Å². The highest BCUT2D eigenvalue weighted by molar-refractivity contribution is 5.67. The molecular weight excluding hydrogens is 344 g/mol. The Morgan fingerprint density at radius 1 is 1.40 bits per heavy atom. The third-order valence-corrected chi connectivity index (χ3v) is 3.50. The summed E-state index contributed by atoms with van der Waals surface area (Å²) in [6.45, 7) is 3.36. The second kappa shape index (κ2) is 6.75. The zero-order chi connectivity index (χ0) is 18.9. The van der Waals surface area contributed by atoms with Crippen LogP contribution in [0.1, 0.15) is 27.0 Å². The zero-order valence-electron chi connectivity index (χ0n) is 13.6. The second-order valence-electron chi connectivity index (χ2n) is 5.51. The van der Waals surface area contributed by atoms with Crippen molar-refractivity contribution in [2.75, 3.05) is 5.73 Å². The van der Waals surface area contributed by atoms with Crippen LogP contribution >= 0.6 is 0 Å². The summed E-state index contributed by atoms with van der Waals surface area (Å²) in [6, 6.07) is 1.14. The molecule has 1 aliphatic rings. The summed E-state index contributed by atoms with van der Waals surface area (Å²) >= 11 is 0. The van der Waals surface area contributed by atoms with Crippen LogP contribution in [0.5, 0.6) is 0 Å². The largest absolute Gasteiger partial charge is 0.460 e. The van der Waals surface area contributed by atoms with Gasteiger partial charge in [0.15, 0.2) is 6.10 Å². The minimum atomic E-state index is -3.79. The lowest BCUT2D eigenvalue weighted by atomic mass is 10.1. The third kappa shape index (κ3) is 3.76. The molecule has 0 radical (unpaired) electrons. The first-order valence-corrected chi connectivity index (χ1v) is 7.26. The Balaban J connectivity index is 2.43. The van der Waals surface area contributed by atoms with Gasteiger partial charge in [0.1, 0.15) is 18.0 Å². The number of rotatable bonds is 4. The predicted octanol–water partition coefficient (Wildman–Crippen LogP) is 0.241. The van der Waals surface area contributed by atoms with Crippen molar-refractivity contribution in [3.8, 4) is 0 Å². The van der Waals surface area contributed by atoms with Crippen LogP contribution in [-0.4, -0.2) is 45.7 Å². The lowest BCUT2D eigenvalue weighted by molar-refractivity contribution is -0.176. The summed E-state index contributed by atoms with van der Waals surface area (Å²) in [6.07, 6.45) is -5.82. The van der Waals surface area contributed by atoms with Gasteiger partial charge in [0.25, 0.3) is 0 Å². The van der Waals surface area contributed by atoms with Gasteiger partial charge in [-0.1, -0.05) is 0 Å². The minimum absolute atomic E-state index is 0.149. The van der Waals surface area contributed by atoms with Gasteiger partial charge in [-0.05, 0) is 13.0 Å². The average molecular weight is 361 g/mol. The Hall–Kier alpha value is -2.56. The molecule has 11 heteroatoms. The lowest BCUT2D eigenvalue weighted by Gasteiger charge is -2.25. The maximum absolute atomic E-state index is 14.8. The van der Waals surface area contributed by atoms with Crippen molar-refractivity contribution in [3.05, 3.63) is 22.7 Å². The van der Waals surface area contributed by atoms with E-state index < -0.39 is 48.1 Å². The first-order valence-electron chi connectivity index (χ1n) is 7.26. The van der Waals surface area contributed by atoms with Gasteiger partial charge in [0.2, 0.25) is 6.23 Å². The summed E-state index contributed by atoms with van der Waals surface area (Å²) in [4.78, 5) is 37.5. The molecule has 1 saturated heterocycles. The average Bonchev–Trinajstić information content (AvgIpc) is 2.70. The number of nitrogen functional groups attached to an aromatic ring is 1. The molecule has 2 N–H and O–H groups in total. The molecule has 4 atom stereocenters. The van der Waals surface area contributed by atoms with Crippen LogP contribution in [0.3, 0.4) is 0 Å². The number of esters is 2. The highest BCUT2D eigenvalue weighted by Crippen LogP contribution is 2.45. The smallest absolute Gasteiger partial charge is 0.351 e. The van der Waals surface area contributed by atoms with E-state index in [0.29, 0.717) is 4.57 Å². The van der Waals surface area contributed by atoms with Crippen LogP contribution in [0.4, 0.5) is 14.6 Å². The van der Waals surface area contributed by atoms with Gasteiger partial charge < -0.3 is 19.9 Å². The number of hydrogen-bond acceptors (Lipinski definition) is 8. The highest BCUT2D eigenvalue weighted by Gasteiger charge is 2.64. The van der Waals surface area contributed by atoms with Crippen molar-refractivity contribution >= 4 is 17.8 Å². The van der Waals surface area contributed by atoms with Gasteiger partial charge in [0.05, 0.1) is 0 Å². The van der Waals surface area contributed by atoms with E-state index in [1.54, 1.807) is 0 Å². The molecule has 0 bridgehead atoms. The summed E-state index contributed by atoms with van der Waals surface area (Å²) in [5, 5.41) is 0. The van der Waals surface area contributed by atoms with Crippen molar-refractivity contribution in [1.82, 2.24) is 9.55 Å². The fourth-order valence-electron chi connectivity index (χ4n) is 2.54. The Morgan fingerprint density at radius 2 is 2.04 bits per heavy atom. The summed E-state index contributed by atoms with van der Waals surface area (Å²) in [5.41, 5.74) is 4.27. The van der Waals surface area contributed by atoms with Gasteiger partial charge in [-0.25, -0.2) is 4.79 Å². The number of nitrogens with zero attached hydrogens (tertiary/aromatic N) is 2. The molecule has 0 amide bonds. The fourth-order valence-corrected chi connectivity index (χ4v) is 2.54. The standard InChI is InChI=1S/C14H17F2N3O6/c1-6(23-7(2)20)10-11(24-8(3)21)14(15,16)12(25-10)19-5-4-9(17)18-13(19)22/h4-6,10-12H,1-3H3,(H2,17,18,22)/t6?,10-,11-,12-/m1/s1. The van der Waals surface area contributed by atoms with Gasteiger partial charge in [-0.2, -0.15) is 13.8 Å². The molecule has 0 saturated carbocycles. The van der Waals surface area contributed by atoms with E-state index in [2.05, 4.69) is 4.98 Å². The molecule has 9 nitrogen and oxygen atoms in total. The van der Waals surface area contributed by atoms with E-state index in [9.17, 15) is 23.2 Å². The number of halogens is 2. The van der Waals surface area contributed by atoms with Gasteiger partial charge in [-0.3, -0.25) is 14.2 Å². The quantitative estimate of drug-likeness (QED) is 0.757. The third-order valence-electron chi connectivity index (χ3n) is 3.50. The molecule has 1 unspecified atom stereocenters. The Kier molecular flexibility index (Phi) is 5.07. The van der Waals surface area contributed by atoms with Crippen LogP contribution < -0.4 is 11.4 Å². The van der Waals surface area contributed by atoms with E-state index >= 15 is 0 Å². The number of alkyl halides is 2. The lowest BCUT2D eigenvalue weighted by Crippen LogP contribution is -2.46. The number of anilines is 1. The highest BCUT2D eigenvalue weighted by atomic mass is 19.3. The molecule has 1 fully saturated rings. The first-order chi connectivity index (χ1) is 11.5. The molecule has 1 aromatic heterocycles. The molecule has 0 spiro atoms. The van der Waals surface area contributed by atoms with E-state index in [1.165, 1.54) is 6.92 Å². The topological polar surface area (TPSA) is 123 Å². The molecule has 0 aromatic carbocycles. The van der Waals surface area contributed by atoms with Crippen molar-refractivity contribution in [2.45, 2.75) is 51.2 Å². The molecular formula is C14H17F2N3O6. The fraction of sp³-hybridized carbons (Fsp3) is 0.571. The minimum Gasteiger partial charge on any atom is -0.460 e. The molecule has 138 valence electrons. The maximum atomic E-state index is 14.8. The molecule has 2 rings (SSSR count). The molecule has 1 aliphatic heterocycles. The first kappa shape index (κ1) is 18.8. The van der Waals surface area contributed by atoms with Crippen molar-refractivity contribution in [3.63, 3.8) is 0 Å². The Morgan fingerprint density at radius 3 is 2.56 bits per heavy atom. The number of hydrogen-bond donors (Lipinski definition) is 1. The monoisotopic (exact) mass is 361 g/mol. The Labute approximate surface area is 140 Å². The summed E-state index contributed by atoms with van der Waals surface area (Å²) < 4.78 is 44.9. The van der Waals surface area contributed by atoms with Crippen LogP contribution in [-0.2, 0) is 23.8 Å². The van der Waals surface area contributed by atoms with E-state index in [-0.39, 0.29) is 5.82 Å². The van der Waals surface area contributed by atoms with Crippen LogP contribution in [0.15, 0.2) is 17.1 Å². The maximum Gasteiger partial charge on any atom is 0.351 e. The summed E-state index contributed by atoms with van der Waals surface area (Å²) in [5.74, 6) is -5.64. The number of ether oxygens (including phenoxy) is 3.